The van der Waals surface area contributed by atoms with Crippen molar-refractivity contribution in [3.8, 4) is 0 Å². The summed E-state index contributed by atoms with van der Waals surface area (Å²) >= 11 is 0.997. The summed E-state index contributed by atoms with van der Waals surface area (Å²) in [6.07, 6.45) is 2.94. The van der Waals surface area contributed by atoms with E-state index in [2.05, 4.69) is 11.9 Å². The van der Waals surface area contributed by atoms with Crippen LogP contribution in [0.25, 0.3) is 0 Å². The molecule has 0 bridgehead atoms. The molecule has 2 heterocycles. The van der Waals surface area contributed by atoms with E-state index in [1.54, 1.807) is 0 Å². The molecule has 1 saturated heterocycles. The first-order valence-corrected chi connectivity index (χ1v) is 6.94. The zero-order valence-corrected chi connectivity index (χ0v) is 11.2. The van der Waals surface area contributed by atoms with Crippen LogP contribution in [0.15, 0.2) is 5.38 Å². The zero-order chi connectivity index (χ0) is 13.3. The average molecular weight is 268 g/mol. The van der Waals surface area contributed by atoms with Crippen LogP contribution in [0.2, 0.25) is 0 Å². The molecule has 2 atom stereocenters. The van der Waals surface area contributed by atoms with Crippen LogP contribution in [0.5, 0.6) is 0 Å². The Hall–Kier alpha value is -1.43. The van der Waals surface area contributed by atoms with Crippen LogP contribution < -0.4 is 0 Å². The molecule has 1 N–H and O–H groups in total. The minimum absolute atomic E-state index is 0.0294. The highest BCUT2D eigenvalue weighted by Crippen LogP contribution is 2.28. The van der Waals surface area contributed by atoms with Crippen LogP contribution in [-0.2, 0) is 0 Å². The Morgan fingerprint density at radius 1 is 1.56 bits per heavy atom. The monoisotopic (exact) mass is 268 g/mol. The highest BCUT2D eigenvalue weighted by Gasteiger charge is 2.34. The smallest absolute Gasteiger partial charge is 0.365 e. The molecule has 0 saturated carbocycles. The van der Waals surface area contributed by atoms with Crippen molar-refractivity contribution in [1.29, 1.82) is 0 Å². The fourth-order valence-electron chi connectivity index (χ4n) is 2.44. The second-order valence-corrected chi connectivity index (χ2v) is 5.40. The molecule has 2 unspecified atom stereocenters. The molecule has 2 rings (SSSR count). The standard InChI is InChI=1S/C12H16N2O3S/c1-3-8-5-4-7(2)14(8)11(15)9-6-18-10(13-9)12(16)17/h6-8H,3-5H2,1-2H3,(H,16,17). The molecule has 5 nitrogen and oxygen atoms in total. The molecule has 6 heteroatoms. The van der Waals surface area contributed by atoms with Crippen LogP contribution in [0.1, 0.15) is 53.4 Å². The van der Waals surface area contributed by atoms with Gasteiger partial charge in [0.1, 0.15) is 5.69 Å². The van der Waals surface area contributed by atoms with Gasteiger partial charge in [-0.1, -0.05) is 6.92 Å². The van der Waals surface area contributed by atoms with Crippen molar-refractivity contribution in [3.05, 3.63) is 16.1 Å². The lowest BCUT2D eigenvalue weighted by atomic mass is 10.1. The van der Waals surface area contributed by atoms with E-state index in [1.165, 1.54) is 5.38 Å². The Bertz CT molecular complexity index is 472. The molecule has 0 spiro atoms. The molecule has 0 aliphatic carbocycles. The van der Waals surface area contributed by atoms with Crippen LogP contribution in [-0.4, -0.2) is 39.0 Å². The first-order chi connectivity index (χ1) is 8.54. The topological polar surface area (TPSA) is 70.5 Å². The third kappa shape index (κ3) is 2.25. The summed E-state index contributed by atoms with van der Waals surface area (Å²) in [5.74, 6) is -1.23. The molecule has 98 valence electrons. The Labute approximate surface area is 109 Å². The third-order valence-electron chi connectivity index (χ3n) is 3.40. The number of carbonyl (C=O) groups excluding carboxylic acids is 1. The van der Waals surface area contributed by atoms with Gasteiger partial charge in [0.05, 0.1) is 0 Å². The fourth-order valence-corrected chi connectivity index (χ4v) is 3.07. The van der Waals surface area contributed by atoms with Crippen molar-refractivity contribution in [2.45, 2.75) is 45.2 Å². The highest BCUT2D eigenvalue weighted by molar-refractivity contribution is 7.11. The van der Waals surface area contributed by atoms with Crippen molar-refractivity contribution >= 4 is 23.2 Å². The van der Waals surface area contributed by atoms with E-state index in [0.29, 0.717) is 0 Å². The van der Waals surface area contributed by atoms with Crippen molar-refractivity contribution < 1.29 is 14.7 Å². The number of aromatic carboxylic acids is 1. The predicted molar refractivity (Wildman–Crippen MR) is 68.0 cm³/mol. The van der Waals surface area contributed by atoms with E-state index in [0.717, 1.165) is 30.6 Å². The SMILES string of the molecule is CCC1CCC(C)N1C(=O)c1csc(C(=O)O)n1. The number of aromatic nitrogens is 1. The van der Waals surface area contributed by atoms with E-state index >= 15 is 0 Å². The summed E-state index contributed by atoms with van der Waals surface area (Å²) in [7, 11) is 0. The normalized spacial score (nSPS) is 23.3. The lowest BCUT2D eigenvalue weighted by Gasteiger charge is -2.27. The molecule has 1 aliphatic rings. The second kappa shape index (κ2) is 5.06. The number of carbonyl (C=O) groups is 2. The van der Waals surface area contributed by atoms with E-state index < -0.39 is 5.97 Å². The predicted octanol–water partition coefficient (Wildman–Crippen LogP) is 2.24. The van der Waals surface area contributed by atoms with Gasteiger partial charge in [-0.05, 0) is 26.2 Å². The molecule has 1 aliphatic heterocycles. The van der Waals surface area contributed by atoms with Crippen LogP contribution in [0.3, 0.4) is 0 Å². The summed E-state index contributed by atoms with van der Waals surface area (Å²) in [6, 6.07) is 0.458. The summed E-state index contributed by atoms with van der Waals surface area (Å²) in [5, 5.41) is 10.3. The van der Waals surface area contributed by atoms with Gasteiger partial charge in [0.2, 0.25) is 5.01 Å². The average Bonchev–Trinajstić information content (AvgIpc) is 2.94. The van der Waals surface area contributed by atoms with Crippen molar-refractivity contribution in [2.75, 3.05) is 0 Å². The number of likely N-dealkylation sites (tertiary alicyclic amines) is 1. The molecule has 1 fully saturated rings. The van der Waals surface area contributed by atoms with Gasteiger partial charge in [0, 0.05) is 17.5 Å². The minimum Gasteiger partial charge on any atom is -0.476 e. The number of nitrogens with zero attached hydrogens (tertiary/aromatic N) is 2. The molecular weight excluding hydrogens is 252 g/mol. The maximum absolute atomic E-state index is 12.3. The summed E-state index contributed by atoms with van der Waals surface area (Å²) < 4.78 is 0. The Morgan fingerprint density at radius 2 is 2.28 bits per heavy atom. The maximum atomic E-state index is 12.3. The summed E-state index contributed by atoms with van der Waals surface area (Å²) in [6.45, 7) is 4.09. The second-order valence-electron chi connectivity index (χ2n) is 4.54. The van der Waals surface area contributed by atoms with Gasteiger partial charge in [-0.25, -0.2) is 9.78 Å². The van der Waals surface area contributed by atoms with Gasteiger partial charge >= 0.3 is 5.97 Å². The number of hydrogen-bond acceptors (Lipinski definition) is 4. The van der Waals surface area contributed by atoms with Gasteiger partial charge in [-0.3, -0.25) is 4.79 Å². The lowest BCUT2D eigenvalue weighted by Crippen LogP contribution is -2.39. The molecular formula is C12H16N2O3S. The number of hydrogen-bond donors (Lipinski definition) is 1. The third-order valence-corrected chi connectivity index (χ3v) is 4.23. The molecule has 0 aromatic carbocycles. The van der Waals surface area contributed by atoms with E-state index in [1.807, 2.05) is 11.8 Å². The minimum atomic E-state index is -1.08. The molecule has 1 aromatic heterocycles. The van der Waals surface area contributed by atoms with Gasteiger partial charge in [0.15, 0.2) is 0 Å². The largest absolute Gasteiger partial charge is 0.476 e. The lowest BCUT2D eigenvalue weighted by molar-refractivity contribution is 0.0670. The van der Waals surface area contributed by atoms with Gasteiger partial charge in [0.25, 0.3) is 5.91 Å². The molecule has 1 aromatic rings. The first-order valence-electron chi connectivity index (χ1n) is 6.06. The van der Waals surface area contributed by atoms with Crippen LogP contribution in [0.4, 0.5) is 0 Å². The first kappa shape index (κ1) is 13.0. The van der Waals surface area contributed by atoms with Gasteiger partial charge in [-0.2, -0.15) is 0 Å². The van der Waals surface area contributed by atoms with Gasteiger partial charge < -0.3 is 10.0 Å². The fraction of sp³-hybridized carbons (Fsp3) is 0.583. The van der Waals surface area contributed by atoms with Crippen LogP contribution in [0, 0.1) is 0 Å². The van der Waals surface area contributed by atoms with E-state index in [-0.39, 0.29) is 28.7 Å². The van der Waals surface area contributed by atoms with E-state index in [4.69, 9.17) is 5.11 Å². The highest BCUT2D eigenvalue weighted by atomic mass is 32.1. The molecule has 0 radical (unpaired) electrons. The molecule has 18 heavy (non-hydrogen) atoms. The summed E-state index contributed by atoms with van der Waals surface area (Å²) in [4.78, 5) is 28.8. The van der Waals surface area contributed by atoms with Crippen molar-refractivity contribution in [1.82, 2.24) is 9.88 Å². The van der Waals surface area contributed by atoms with Crippen molar-refractivity contribution in [2.24, 2.45) is 0 Å². The number of carboxylic acid groups (broad SMARTS) is 1. The van der Waals surface area contributed by atoms with Gasteiger partial charge in [-0.15, -0.1) is 11.3 Å². The Kier molecular flexibility index (Phi) is 3.65. The van der Waals surface area contributed by atoms with Crippen molar-refractivity contribution in [3.63, 3.8) is 0 Å². The number of carboxylic acids is 1. The molecule has 1 amide bonds. The number of thiazole rings is 1. The maximum Gasteiger partial charge on any atom is 0.365 e. The summed E-state index contributed by atoms with van der Waals surface area (Å²) in [5.41, 5.74) is 0.254. The Balaban J connectivity index is 2.21. The number of amides is 1. The Morgan fingerprint density at radius 3 is 2.83 bits per heavy atom. The van der Waals surface area contributed by atoms with E-state index in [9.17, 15) is 9.59 Å². The number of rotatable bonds is 3. The zero-order valence-electron chi connectivity index (χ0n) is 10.4. The van der Waals surface area contributed by atoms with Crippen LogP contribution >= 0.6 is 11.3 Å². The quantitative estimate of drug-likeness (QED) is 0.912.